The number of H-pyrrole nitrogens is 1. The van der Waals surface area contributed by atoms with Crippen LogP contribution < -0.4 is 10.3 Å². The number of aryl methyl sites for hydroxylation is 1. The first kappa shape index (κ1) is 17.7. The smallest absolute Gasteiger partial charge is 0.253 e. The molecular weight excluding hydrogens is 328 g/mol. The molecule has 0 spiro atoms. The Morgan fingerprint density at radius 3 is 2.54 bits per heavy atom. The van der Waals surface area contributed by atoms with Gasteiger partial charge in [0.2, 0.25) is 5.91 Å². The zero-order valence-electron chi connectivity index (χ0n) is 15.2. The van der Waals surface area contributed by atoms with Gasteiger partial charge in [-0.25, -0.2) is 0 Å². The van der Waals surface area contributed by atoms with E-state index in [1.54, 1.807) is 12.0 Å². The van der Waals surface area contributed by atoms with Crippen molar-refractivity contribution in [2.45, 2.75) is 26.9 Å². The summed E-state index contributed by atoms with van der Waals surface area (Å²) in [5, 5.41) is 0.950. The Bertz CT molecular complexity index is 1010. The molecule has 0 aliphatic carbocycles. The zero-order valence-corrected chi connectivity index (χ0v) is 15.2. The number of hydrogen-bond donors (Lipinski definition) is 1. The molecule has 0 bridgehead atoms. The molecule has 0 unspecified atom stereocenters. The maximum absolute atomic E-state index is 12.5. The monoisotopic (exact) mass is 350 g/mol. The minimum absolute atomic E-state index is 0.0979. The van der Waals surface area contributed by atoms with E-state index in [9.17, 15) is 9.59 Å². The van der Waals surface area contributed by atoms with Gasteiger partial charge in [0, 0.05) is 30.1 Å². The van der Waals surface area contributed by atoms with E-state index < -0.39 is 0 Å². The summed E-state index contributed by atoms with van der Waals surface area (Å²) in [5.74, 6) is 0.626. The van der Waals surface area contributed by atoms with E-state index in [1.165, 1.54) is 6.92 Å². The number of methoxy groups -OCH3 is 1. The van der Waals surface area contributed by atoms with Crippen molar-refractivity contribution in [3.05, 3.63) is 75.6 Å². The van der Waals surface area contributed by atoms with Gasteiger partial charge in [-0.2, -0.15) is 0 Å². The Hall–Kier alpha value is -3.08. The number of amides is 1. The van der Waals surface area contributed by atoms with Gasteiger partial charge >= 0.3 is 0 Å². The minimum atomic E-state index is -0.172. The van der Waals surface area contributed by atoms with Crippen molar-refractivity contribution in [2.75, 3.05) is 7.11 Å². The maximum Gasteiger partial charge on any atom is 0.253 e. The molecule has 3 aromatic rings. The average molecular weight is 350 g/mol. The molecule has 3 rings (SSSR count). The van der Waals surface area contributed by atoms with Crippen LogP contribution >= 0.6 is 0 Å². The van der Waals surface area contributed by atoms with Crippen molar-refractivity contribution in [2.24, 2.45) is 0 Å². The number of aromatic nitrogens is 1. The highest BCUT2D eigenvalue weighted by molar-refractivity contribution is 5.80. The van der Waals surface area contributed by atoms with Gasteiger partial charge < -0.3 is 14.6 Å². The summed E-state index contributed by atoms with van der Waals surface area (Å²) >= 11 is 0. The first-order valence-electron chi connectivity index (χ1n) is 8.48. The number of rotatable bonds is 5. The fourth-order valence-corrected chi connectivity index (χ4v) is 3.00. The third kappa shape index (κ3) is 3.77. The average Bonchev–Trinajstić information content (AvgIpc) is 2.62. The van der Waals surface area contributed by atoms with Gasteiger partial charge in [0.15, 0.2) is 0 Å². The Labute approximate surface area is 152 Å². The number of carbonyl (C=O) groups excluding carboxylic acids is 1. The third-order valence-corrected chi connectivity index (χ3v) is 4.44. The van der Waals surface area contributed by atoms with Crippen molar-refractivity contribution in [3.63, 3.8) is 0 Å². The van der Waals surface area contributed by atoms with E-state index in [0.29, 0.717) is 12.1 Å². The number of hydrogen-bond acceptors (Lipinski definition) is 3. The number of aromatic amines is 1. The van der Waals surface area contributed by atoms with Gasteiger partial charge in [-0.1, -0.05) is 30.3 Å². The van der Waals surface area contributed by atoms with E-state index in [2.05, 4.69) is 4.98 Å². The third-order valence-electron chi connectivity index (χ3n) is 4.44. The molecule has 0 aliphatic heterocycles. The molecule has 0 radical (unpaired) electrons. The Morgan fingerprint density at radius 1 is 1.08 bits per heavy atom. The van der Waals surface area contributed by atoms with Gasteiger partial charge in [-0.3, -0.25) is 9.59 Å². The topological polar surface area (TPSA) is 62.4 Å². The Kier molecular flexibility index (Phi) is 5.07. The molecule has 1 N–H and O–H groups in total. The van der Waals surface area contributed by atoms with Gasteiger partial charge in [0.1, 0.15) is 5.75 Å². The normalized spacial score (nSPS) is 10.7. The molecule has 0 atom stereocenters. The van der Waals surface area contributed by atoms with Crippen LogP contribution in [0.3, 0.4) is 0 Å². The molecule has 2 aromatic carbocycles. The van der Waals surface area contributed by atoms with E-state index in [1.807, 2.05) is 55.5 Å². The number of nitrogens with zero attached hydrogens (tertiary/aromatic N) is 1. The molecule has 5 nitrogen and oxygen atoms in total. The second-order valence-corrected chi connectivity index (χ2v) is 6.40. The molecule has 1 heterocycles. The molecule has 26 heavy (non-hydrogen) atoms. The lowest BCUT2D eigenvalue weighted by atomic mass is 10.1. The summed E-state index contributed by atoms with van der Waals surface area (Å²) in [6, 6.07) is 15.3. The molecule has 5 heteroatoms. The highest BCUT2D eigenvalue weighted by Crippen LogP contribution is 2.21. The van der Waals surface area contributed by atoms with Crippen molar-refractivity contribution >= 4 is 16.8 Å². The number of pyridine rings is 1. The molecule has 0 saturated heterocycles. The Morgan fingerprint density at radius 2 is 1.81 bits per heavy atom. The highest BCUT2D eigenvalue weighted by atomic mass is 16.5. The van der Waals surface area contributed by atoms with Crippen LogP contribution in [0.5, 0.6) is 5.75 Å². The lowest BCUT2D eigenvalue weighted by molar-refractivity contribution is -0.130. The standard InChI is InChI=1S/C21H22N2O3/c1-14-8-9-16-11-18(21(25)22-19(16)10-14)13-23(15(2)24)12-17-6-4-5-7-20(17)26-3/h4-11H,12-13H2,1-3H3,(H,22,25). The fourth-order valence-electron chi connectivity index (χ4n) is 3.00. The molecule has 1 aromatic heterocycles. The Balaban J connectivity index is 1.92. The van der Waals surface area contributed by atoms with Crippen LogP contribution in [-0.2, 0) is 17.9 Å². The maximum atomic E-state index is 12.5. The number of carbonyl (C=O) groups is 1. The van der Waals surface area contributed by atoms with Crippen LogP contribution in [0.15, 0.2) is 53.3 Å². The predicted octanol–water partition coefficient (Wildman–Crippen LogP) is 3.39. The van der Waals surface area contributed by atoms with Crippen molar-refractivity contribution < 1.29 is 9.53 Å². The first-order valence-corrected chi connectivity index (χ1v) is 8.48. The van der Waals surface area contributed by atoms with Crippen LogP contribution in [-0.4, -0.2) is 22.9 Å². The first-order chi connectivity index (χ1) is 12.5. The highest BCUT2D eigenvalue weighted by Gasteiger charge is 2.15. The fraction of sp³-hybridized carbons (Fsp3) is 0.238. The van der Waals surface area contributed by atoms with Crippen molar-refractivity contribution in [3.8, 4) is 5.75 Å². The van der Waals surface area contributed by atoms with E-state index in [4.69, 9.17) is 4.74 Å². The summed E-state index contributed by atoms with van der Waals surface area (Å²) in [5.41, 5.74) is 3.18. The summed E-state index contributed by atoms with van der Waals surface area (Å²) in [6.45, 7) is 4.11. The second kappa shape index (κ2) is 7.44. The van der Waals surface area contributed by atoms with Crippen LogP contribution in [0.2, 0.25) is 0 Å². The van der Waals surface area contributed by atoms with Crippen molar-refractivity contribution in [1.29, 1.82) is 0 Å². The quantitative estimate of drug-likeness (QED) is 0.767. The van der Waals surface area contributed by atoms with Gasteiger partial charge in [0.25, 0.3) is 5.56 Å². The summed E-state index contributed by atoms with van der Waals surface area (Å²) < 4.78 is 5.36. The van der Waals surface area contributed by atoms with E-state index in [0.717, 1.165) is 27.8 Å². The lowest BCUT2D eigenvalue weighted by Gasteiger charge is -2.22. The lowest BCUT2D eigenvalue weighted by Crippen LogP contribution is -2.30. The molecule has 0 fully saturated rings. The molecule has 0 saturated carbocycles. The van der Waals surface area contributed by atoms with Crippen LogP contribution in [0.1, 0.15) is 23.6 Å². The van der Waals surface area contributed by atoms with E-state index >= 15 is 0 Å². The van der Waals surface area contributed by atoms with Crippen LogP contribution in [0.4, 0.5) is 0 Å². The summed E-state index contributed by atoms with van der Waals surface area (Å²) in [6.07, 6.45) is 0. The minimum Gasteiger partial charge on any atom is -0.496 e. The second-order valence-electron chi connectivity index (χ2n) is 6.40. The number of nitrogens with one attached hydrogen (secondary N) is 1. The number of ether oxygens (including phenoxy) is 1. The largest absolute Gasteiger partial charge is 0.496 e. The predicted molar refractivity (Wildman–Crippen MR) is 102 cm³/mol. The molecular formula is C21H22N2O3. The number of para-hydroxylation sites is 1. The van der Waals surface area contributed by atoms with Crippen LogP contribution in [0, 0.1) is 6.92 Å². The molecule has 134 valence electrons. The van der Waals surface area contributed by atoms with Crippen molar-refractivity contribution in [1.82, 2.24) is 9.88 Å². The van der Waals surface area contributed by atoms with Gasteiger partial charge in [-0.05, 0) is 36.1 Å². The van der Waals surface area contributed by atoms with Crippen LogP contribution in [0.25, 0.3) is 10.9 Å². The van der Waals surface area contributed by atoms with Gasteiger partial charge in [0.05, 0.1) is 13.7 Å². The SMILES string of the molecule is COc1ccccc1CN(Cc1cc2ccc(C)cc2[nH]c1=O)C(C)=O. The van der Waals surface area contributed by atoms with Gasteiger partial charge in [-0.15, -0.1) is 0 Å². The zero-order chi connectivity index (χ0) is 18.7. The number of fused-ring (bicyclic) bond motifs is 1. The van der Waals surface area contributed by atoms with E-state index in [-0.39, 0.29) is 18.0 Å². The molecule has 1 amide bonds. The number of benzene rings is 2. The summed E-state index contributed by atoms with van der Waals surface area (Å²) in [4.78, 5) is 29.2. The summed E-state index contributed by atoms with van der Waals surface area (Å²) in [7, 11) is 1.60. The molecule has 0 aliphatic rings.